The van der Waals surface area contributed by atoms with Crippen LogP contribution in [0.1, 0.15) is 12.5 Å². The molecule has 1 unspecified atom stereocenters. The maximum Gasteiger partial charge on any atom is 0.404 e. The van der Waals surface area contributed by atoms with Gasteiger partial charge in [-0.2, -0.15) is 13.2 Å². The Labute approximate surface area is 108 Å². The average molecular weight is 286 g/mol. The highest BCUT2D eigenvalue weighted by Gasteiger charge is 2.39. The zero-order valence-electron chi connectivity index (χ0n) is 9.11. The number of halogens is 5. The van der Waals surface area contributed by atoms with Crippen LogP contribution in [-0.2, 0) is 6.42 Å². The number of nitrogens with one attached hydrogen (secondary N) is 1. The van der Waals surface area contributed by atoms with Crippen LogP contribution in [0, 0.1) is 0 Å². The molecule has 0 heterocycles. The number of hydrogen-bond acceptors (Lipinski definition) is 1. The zero-order valence-corrected chi connectivity index (χ0v) is 10.6. The SMILES string of the molecule is CCNC(Cc1c(Cl)cccc1Cl)C(F)(F)F. The molecule has 6 heteroatoms. The van der Waals surface area contributed by atoms with Gasteiger partial charge in [0.1, 0.15) is 6.04 Å². The number of benzene rings is 1. The highest BCUT2D eigenvalue weighted by atomic mass is 35.5. The van der Waals surface area contributed by atoms with Crippen molar-refractivity contribution in [3.8, 4) is 0 Å². The first-order valence-electron chi connectivity index (χ1n) is 5.09. The molecule has 0 spiro atoms. The summed E-state index contributed by atoms with van der Waals surface area (Å²) >= 11 is 11.7. The minimum Gasteiger partial charge on any atom is -0.306 e. The summed E-state index contributed by atoms with van der Waals surface area (Å²) in [5, 5.41) is 2.89. The van der Waals surface area contributed by atoms with Crippen molar-refractivity contribution < 1.29 is 13.2 Å². The fraction of sp³-hybridized carbons (Fsp3) is 0.455. The second-order valence-electron chi connectivity index (χ2n) is 3.56. The minimum atomic E-state index is -4.32. The fourth-order valence-electron chi connectivity index (χ4n) is 1.48. The van der Waals surface area contributed by atoms with Gasteiger partial charge in [-0.1, -0.05) is 36.2 Å². The van der Waals surface area contributed by atoms with Gasteiger partial charge in [0.2, 0.25) is 0 Å². The van der Waals surface area contributed by atoms with E-state index in [9.17, 15) is 13.2 Å². The summed E-state index contributed by atoms with van der Waals surface area (Å²) < 4.78 is 38.1. The molecule has 0 saturated carbocycles. The second kappa shape index (κ2) is 5.94. The summed E-state index contributed by atoms with van der Waals surface area (Å²) in [5.74, 6) is 0. The Morgan fingerprint density at radius 1 is 1.24 bits per heavy atom. The van der Waals surface area contributed by atoms with Crippen molar-refractivity contribution in [2.24, 2.45) is 0 Å². The fourth-order valence-corrected chi connectivity index (χ4v) is 2.03. The molecule has 0 amide bonds. The van der Waals surface area contributed by atoms with E-state index in [0.29, 0.717) is 5.56 Å². The number of alkyl halides is 3. The number of hydrogen-bond donors (Lipinski definition) is 1. The second-order valence-corrected chi connectivity index (χ2v) is 4.37. The van der Waals surface area contributed by atoms with E-state index < -0.39 is 12.2 Å². The first-order chi connectivity index (χ1) is 7.86. The van der Waals surface area contributed by atoms with Crippen LogP contribution in [0.4, 0.5) is 13.2 Å². The van der Waals surface area contributed by atoms with Crippen LogP contribution in [0.5, 0.6) is 0 Å². The van der Waals surface area contributed by atoms with Crippen molar-refractivity contribution in [3.63, 3.8) is 0 Å². The lowest BCUT2D eigenvalue weighted by Crippen LogP contribution is -2.43. The van der Waals surface area contributed by atoms with Gasteiger partial charge in [-0.25, -0.2) is 0 Å². The van der Waals surface area contributed by atoms with E-state index in [4.69, 9.17) is 23.2 Å². The molecule has 1 N–H and O–H groups in total. The maximum atomic E-state index is 12.7. The molecule has 1 aromatic carbocycles. The van der Waals surface area contributed by atoms with Crippen molar-refractivity contribution in [2.75, 3.05) is 6.54 Å². The predicted molar refractivity (Wildman–Crippen MR) is 63.7 cm³/mol. The Bertz CT molecular complexity index is 359. The first-order valence-corrected chi connectivity index (χ1v) is 5.84. The van der Waals surface area contributed by atoms with Crippen molar-refractivity contribution >= 4 is 23.2 Å². The van der Waals surface area contributed by atoms with E-state index in [2.05, 4.69) is 5.32 Å². The minimum absolute atomic E-state index is 0.228. The Balaban J connectivity index is 2.94. The molecule has 0 aliphatic heterocycles. The highest BCUT2D eigenvalue weighted by molar-refractivity contribution is 6.36. The van der Waals surface area contributed by atoms with Crippen molar-refractivity contribution in [3.05, 3.63) is 33.8 Å². The van der Waals surface area contributed by atoms with Gasteiger partial charge in [0.25, 0.3) is 0 Å². The van der Waals surface area contributed by atoms with E-state index >= 15 is 0 Å². The Kier molecular flexibility index (Phi) is 5.10. The maximum absolute atomic E-state index is 12.7. The van der Waals surface area contributed by atoms with Crippen LogP contribution >= 0.6 is 23.2 Å². The Hall–Kier alpha value is -0.450. The van der Waals surface area contributed by atoms with Crippen LogP contribution in [0.25, 0.3) is 0 Å². The quantitative estimate of drug-likeness (QED) is 0.879. The third-order valence-electron chi connectivity index (χ3n) is 2.32. The van der Waals surface area contributed by atoms with Gasteiger partial charge in [-0.3, -0.25) is 0 Å². The molecule has 0 saturated heterocycles. The molecule has 1 aromatic rings. The molecule has 0 fully saturated rings. The summed E-state index contributed by atoms with van der Waals surface area (Å²) in [6, 6.07) is 3.03. The molecular weight excluding hydrogens is 274 g/mol. The molecule has 17 heavy (non-hydrogen) atoms. The molecule has 0 aromatic heterocycles. The van der Waals surface area contributed by atoms with Gasteiger partial charge in [-0.05, 0) is 30.7 Å². The lowest BCUT2D eigenvalue weighted by Gasteiger charge is -2.22. The summed E-state index contributed by atoms with van der Waals surface area (Å²) in [6.45, 7) is 1.85. The predicted octanol–water partition coefficient (Wildman–Crippen LogP) is 4.08. The zero-order chi connectivity index (χ0) is 13.1. The van der Waals surface area contributed by atoms with Gasteiger partial charge >= 0.3 is 6.18 Å². The summed E-state index contributed by atoms with van der Waals surface area (Å²) in [4.78, 5) is 0. The van der Waals surface area contributed by atoms with Gasteiger partial charge < -0.3 is 5.32 Å². The average Bonchev–Trinajstić information content (AvgIpc) is 2.20. The van der Waals surface area contributed by atoms with Crippen LogP contribution in [-0.4, -0.2) is 18.8 Å². The van der Waals surface area contributed by atoms with Gasteiger partial charge in [0.15, 0.2) is 0 Å². The summed E-state index contributed by atoms with van der Waals surface area (Å²) in [5.41, 5.74) is 0.319. The smallest absolute Gasteiger partial charge is 0.306 e. The molecule has 0 aliphatic carbocycles. The Morgan fingerprint density at radius 3 is 2.18 bits per heavy atom. The van der Waals surface area contributed by atoms with Crippen LogP contribution < -0.4 is 5.32 Å². The molecule has 0 bridgehead atoms. The Morgan fingerprint density at radius 2 is 1.76 bits per heavy atom. The largest absolute Gasteiger partial charge is 0.404 e. The van der Waals surface area contributed by atoms with Crippen molar-refractivity contribution in [1.82, 2.24) is 5.32 Å². The topological polar surface area (TPSA) is 12.0 Å². The van der Waals surface area contributed by atoms with Gasteiger partial charge in [0, 0.05) is 10.0 Å². The third-order valence-corrected chi connectivity index (χ3v) is 3.02. The summed E-state index contributed by atoms with van der Waals surface area (Å²) in [7, 11) is 0. The lowest BCUT2D eigenvalue weighted by molar-refractivity contribution is -0.155. The van der Waals surface area contributed by atoms with Crippen molar-refractivity contribution in [1.29, 1.82) is 0 Å². The molecule has 1 atom stereocenters. The standard InChI is InChI=1S/C11H12Cl2F3N/c1-2-17-10(11(14,15)16)6-7-8(12)4-3-5-9(7)13/h3-5,10,17H,2,6H2,1H3. The third kappa shape index (κ3) is 4.05. The molecule has 0 radical (unpaired) electrons. The van der Waals surface area contributed by atoms with Gasteiger partial charge in [-0.15, -0.1) is 0 Å². The number of rotatable bonds is 4. The van der Waals surface area contributed by atoms with Crippen molar-refractivity contribution in [2.45, 2.75) is 25.6 Å². The normalized spacial score (nSPS) is 13.8. The molecular formula is C11H12Cl2F3N. The number of likely N-dealkylation sites (N-methyl/N-ethyl adjacent to an activating group) is 1. The molecule has 96 valence electrons. The van der Waals surface area contributed by atoms with Crippen LogP contribution in [0.3, 0.4) is 0 Å². The molecule has 1 nitrogen and oxygen atoms in total. The highest BCUT2D eigenvalue weighted by Crippen LogP contribution is 2.30. The van der Waals surface area contributed by atoms with E-state index in [1.807, 2.05) is 0 Å². The van der Waals surface area contributed by atoms with Crippen LogP contribution in [0.15, 0.2) is 18.2 Å². The van der Waals surface area contributed by atoms with Crippen LogP contribution in [0.2, 0.25) is 10.0 Å². The monoisotopic (exact) mass is 285 g/mol. The van der Waals surface area contributed by atoms with E-state index in [-0.39, 0.29) is 23.0 Å². The van der Waals surface area contributed by atoms with Gasteiger partial charge in [0.05, 0.1) is 0 Å². The summed E-state index contributed by atoms with van der Waals surface area (Å²) in [6.07, 6.45) is -4.59. The molecule has 0 aliphatic rings. The lowest BCUT2D eigenvalue weighted by atomic mass is 10.1. The van der Waals surface area contributed by atoms with E-state index in [1.54, 1.807) is 13.0 Å². The van der Waals surface area contributed by atoms with E-state index in [0.717, 1.165) is 0 Å². The first kappa shape index (κ1) is 14.6. The molecule has 1 rings (SSSR count). The van der Waals surface area contributed by atoms with E-state index in [1.165, 1.54) is 12.1 Å².